The fourth-order valence-corrected chi connectivity index (χ4v) is 3.39. The minimum absolute atomic E-state index is 0.564. The van der Waals surface area contributed by atoms with Crippen LogP contribution in [-0.4, -0.2) is 16.0 Å². The Bertz CT molecular complexity index is 1100. The topological polar surface area (TPSA) is 49.8 Å². The van der Waals surface area contributed by atoms with Gasteiger partial charge in [0.25, 0.3) is 0 Å². The van der Waals surface area contributed by atoms with Crippen LogP contribution in [0.5, 0.6) is 0 Å². The first-order valence-electron chi connectivity index (χ1n) is 9.75. The number of para-hydroxylation sites is 1. The van der Waals surface area contributed by atoms with E-state index in [0.29, 0.717) is 6.04 Å². The van der Waals surface area contributed by atoms with Crippen LogP contribution in [0.25, 0.3) is 22.0 Å². The number of rotatable bonds is 6. The number of aromatic nitrogens is 2. The molecule has 0 bridgehead atoms. The first-order valence-corrected chi connectivity index (χ1v) is 9.75. The van der Waals surface area contributed by atoms with Crippen molar-refractivity contribution in [3.05, 3.63) is 84.7 Å². The summed E-state index contributed by atoms with van der Waals surface area (Å²) in [5.41, 5.74) is 5.75. The Morgan fingerprint density at radius 2 is 1.68 bits per heavy atom. The molecule has 4 aromatic rings. The maximum atomic E-state index is 4.47. The molecule has 5 rings (SSSR count). The number of fused-ring (bicyclic) bond motifs is 1. The third-order valence-corrected chi connectivity index (χ3v) is 5.08. The molecule has 1 aromatic heterocycles. The van der Waals surface area contributed by atoms with Crippen LogP contribution in [0.15, 0.2) is 79.1 Å². The minimum Gasteiger partial charge on any atom is -0.381 e. The van der Waals surface area contributed by atoms with Crippen LogP contribution in [-0.2, 0) is 6.54 Å². The Hall–Kier alpha value is -3.40. The van der Waals surface area contributed by atoms with E-state index >= 15 is 0 Å². The lowest BCUT2D eigenvalue weighted by molar-refractivity contribution is 1.10. The summed E-state index contributed by atoms with van der Waals surface area (Å²) in [5, 5.41) is 8.09. The first-order chi connectivity index (χ1) is 13.8. The van der Waals surface area contributed by atoms with E-state index < -0.39 is 0 Å². The van der Waals surface area contributed by atoms with Gasteiger partial charge in [0.1, 0.15) is 12.1 Å². The molecule has 1 saturated carbocycles. The van der Waals surface area contributed by atoms with Crippen LogP contribution < -0.4 is 10.6 Å². The van der Waals surface area contributed by atoms with Crippen molar-refractivity contribution in [3.8, 4) is 11.1 Å². The highest BCUT2D eigenvalue weighted by atomic mass is 15.1. The molecule has 1 aliphatic rings. The van der Waals surface area contributed by atoms with E-state index in [1.54, 1.807) is 6.33 Å². The number of hydrogen-bond acceptors (Lipinski definition) is 4. The Labute approximate surface area is 164 Å². The molecular weight excluding hydrogens is 344 g/mol. The molecule has 3 aromatic carbocycles. The molecule has 4 heteroatoms. The van der Waals surface area contributed by atoms with E-state index in [4.69, 9.17) is 0 Å². The molecule has 0 aliphatic heterocycles. The molecule has 2 N–H and O–H groups in total. The van der Waals surface area contributed by atoms with E-state index in [1.807, 2.05) is 18.2 Å². The minimum atomic E-state index is 0.564. The summed E-state index contributed by atoms with van der Waals surface area (Å²) in [6.45, 7) is 0.795. The van der Waals surface area contributed by atoms with Crippen LogP contribution in [0, 0.1) is 0 Å². The molecular formula is C24H22N4. The second-order valence-electron chi connectivity index (χ2n) is 7.29. The summed E-state index contributed by atoms with van der Waals surface area (Å²) in [4.78, 5) is 8.89. The predicted octanol–water partition coefficient (Wildman–Crippen LogP) is 5.48. The Kier molecular flexibility index (Phi) is 4.37. The average Bonchev–Trinajstić information content (AvgIpc) is 3.57. The maximum absolute atomic E-state index is 4.47. The van der Waals surface area contributed by atoms with Gasteiger partial charge in [0.15, 0.2) is 0 Å². The van der Waals surface area contributed by atoms with Gasteiger partial charge in [-0.3, -0.25) is 0 Å². The summed E-state index contributed by atoms with van der Waals surface area (Å²) >= 11 is 0. The second kappa shape index (κ2) is 7.31. The molecule has 1 fully saturated rings. The van der Waals surface area contributed by atoms with Crippen molar-refractivity contribution in [3.63, 3.8) is 0 Å². The van der Waals surface area contributed by atoms with Crippen LogP contribution in [0.1, 0.15) is 18.4 Å². The molecule has 0 saturated heterocycles. The van der Waals surface area contributed by atoms with Crippen molar-refractivity contribution in [1.82, 2.24) is 9.97 Å². The lowest BCUT2D eigenvalue weighted by Gasteiger charge is -2.11. The first kappa shape index (κ1) is 16.8. The van der Waals surface area contributed by atoms with Crippen molar-refractivity contribution in [1.29, 1.82) is 0 Å². The lowest BCUT2D eigenvalue weighted by Crippen LogP contribution is -2.04. The van der Waals surface area contributed by atoms with E-state index in [-0.39, 0.29) is 0 Å². The number of anilines is 2. The van der Waals surface area contributed by atoms with E-state index in [1.165, 1.54) is 29.5 Å². The fourth-order valence-electron chi connectivity index (χ4n) is 3.39. The zero-order valence-electron chi connectivity index (χ0n) is 15.6. The SMILES string of the molecule is c1ccc(NCc2cccc(-c3ccc4ncnc(NC5CC5)c4c3)c2)cc1. The summed E-state index contributed by atoms with van der Waals surface area (Å²) in [7, 11) is 0. The van der Waals surface area contributed by atoms with Gasteiger partial charge in [0, 0.05) is 23.7 Å². The molecule has 1 heterocycles. The quantitative estimate of drug-likeness (QED) is 0.474. The molecule has 4 nitrogen and oxygen atoms in total. The third kappa shape index (κ3) is 3.67. The highest BCUT2D eigenvalue weighted by molar-refractivity contribution is 5.92. The fraction of sp³-hybridized carbons (Fsp3) is 0.167. The van der Waals surface area contributed by atoms with E-state index in [2.05, 4.69) is 75.2 Å². The van der Waals surface area contributed by atoms with Crippen molar-refractivity contribution < 1.29 is 0 Å². The van der Waals surface area contributed by atoms with Gasteiger partial charge in [-0.15, -0.1) is 0 Å². The van der Waals surface area contributed by atoms with Crippen LogP contribution in [0.2, 0.25) is 0 Å². The average molecular weight is 366 g/mol. The molecule has 0 atom stereocenters. The zero-order chi connectivity index (χ0) is 18.8. The molecule has 0 spiro atoms. The molecule has 138 valence electrons. The van der Waals surface area contributed by atoms with Crippen LogP contribution in [0.4, 0.5) is 11.5 Å². The van der Waals surface area contributed by atoms with Crippen molar-refractivity contribution in [2.75, 3.05) is 10.6 Å². The van der Waals surface area contributed by atoms with E-state index in [9.17, 15) is 0 Å². The summed E-state index contributed by atoms with van der Waals surface area (Å²) < 4.78 is 0. The number of benzene rings is 3. The van der Waals surface area contributed by atoms with E-state index in [0.717, 1.165) is 29.0 Å². The Morgan fingerprint density at radius 1 is 0.821 bits per heavy atom. The molecule has 0 amide bonds. The number of nitrogens with one attached hydrogen (secondary N) is 2. The van der Waals surface area contributed by atoms with Gasteiger partial charge in [-0.1, -0.05) is 42.5 Å². The largest absolute Gasteiger partial charge is 0.381 e. The van der Waals surface area contributed by atoms with Gasteiger partial charge >= 0.3 is 0 Å². The Morgan fingerprint density at radius 3 is 2.54 bits per heavy atom. The normalized spacial score (nSPS) is 13.4. The van der Waals surface area contributed by atoms with Gasteiger partial charge in [0.2, 0.25) is 0 Å². The summed E-state index contributed by atoms with van der Waals surface area (Å²) in [6, 6.07) is 25.9. The van der Waals surface area contributed by atoms with Crippen molar-refractivity contribution in [2.45, 2.75) is 25.4 Å². The van der Waals surface area contributed by atoms with Gasteiger partial charge in [0.05, 0.1) is 5.52 Å². The predicted molar refractivity (Wildman–Crippen MR) is 115 cm³/mol. The molecule has 0 unspecified atom stereocenters. The van der Waals surface area contributed by atoms with Crippen molar-refractivity contribution in [2.24, 2.45) is 0 Å². The maximum Gasteiger partial charge on any atom is 0.137 e. The Balaban J connectivity index is 1.43. The lowest BCUT2D eigenvalue weighted by atomic mass is 10.0. The number of nitrogens with zero attached hydrogens (tertiary/aromatic N) is 2. The van der Waals surface area contributed by atoms with Gasteiger partial charge in [-0.05, 0) is 59.9 Å². The molecule has 0 radical (unpaired) electrons. The third-order valence-electron chi connectivity index (χ3n) is 5.08. The van der Waals surface area contributed by atoms with Gasteiger partial charge in [-0.2, -0.15) is 0 Å². The van der Waals surface area contributed by atoms with Gasteiger partial charge in [-0.25, -0.2) is 9.97 Å². The number of hydrogen-bond donors (Lipinski definition) is 2. The second-order valence-corrected chi connectivity index (χ2v) is 7.29. The van der Waals surface area contributed by atoms with Crippen LogP contribution >= 0.6 is 0 Å². The monoisotopic (exact) mass is 366 g/mol. The smallest absolute Gasteiger partial charge is 0.137 e. The highest BCUT2D eigenvalue weighted by Crippen LogP contribution is 2.30. The standard InChI is InChI=1S/C24H22N4/c1-2-7-20(8-3-1)25-15-17-5-4-6-18(13-17)19-9-12-23-22(14-19)24(27-16-26-23)28-21-10-11-21/h1-9,12-14,16,21,25H,10-11,15H2,(H,26,27,28). The molecule has 28 heavy (non-hydrogen) atoms. The zero-order valence-corrected chi connectivity index (χ0v) is 15.6. The van der Waals surface area contributed by atoms with Gasteiger partial charge < -0.3 is 10.6 Å². The highest BCUT2D eigenvalue weighted by Gasteiger charge is 2.22. The van der Waals surface area contributed by atoms with Crippen LogP contribution in [0.3, 0.4) is 0 Å². The summed E-state index contributed by atoms with van der Waals surface area (Å²) in [6.07, 6.45) is 4.09. The molecule has 1 aliphatic carbocycles. The summed E-state index contributed by atoms with van der Waals surface area (Å²) in [5.74, 6) is 0.941. The van der Waals surface area contributed by atoms with Crippen molar-refractivity contribution >= 4 is 22.4 Å².